The summed E-state index contributed by atoms with van der Waals surface area (Å²) in [5.74, 6) is -0.981. The van der Waals surface area contributed by atoms with Crippen LogP contribution in [0.25, 0.3) is 6.08 Å². The Morgan fingerprint density at radius 2 is 2.17 bits per heavy atom. The molecule has 1 rings (SSSR count). The Kier molecular flexibility index (Phi) is 5.65. The highest BCUT2D eigenvalue weighted by atomic mass is 32.1. The SMILES string of the molecule is C=CC(=O)O.C=Cc1cccs1. The summed E-state index contributed by atoms with van der Waals surface area (Å²) < 4.78 is 0. The van der Waals surface area contributed by atoms with Crippen molar-refractivity contribution in [1.29, 1.82) is 0 Å². The molecule has 0 aliphatic heterocycles. The van der Waals surface area contributed by atoms with Crippen LogP contribution in [0.15, 0.2) is 36.7 Å². The van der Waals surface area contributed by atoms with Crippen molar-refractivity contribution >= 4 is 23.4 Å². The van der Waals surface area contributed by atoms with E-state index in [1.807, 2.05) is 23.6 Å². The van der Waals surface area contributed by atoms with Crippen LogP contribution in [-0.4, -0.2) is 11.1 Å². The fourth-order valence-electron chi connectivity index (χ4n) is 0.407. The average Bonchev–Trinajstić information content (AvgIpc) is 2.57. The first-order chi connectivity index (χ1) is 5.70. The summed E-state index contributed by atoms with van der Waals surface area (Å²) in [7, 11) is 0. The Bertz CT molecular complexity index is 250. The molecule has 0 unspecified atom stereocenters. The van der Waals surface area contributed by atoms with E-state index in [9.17, 15) is 4.79 Å². The van der Waals surface area contributed by atoms with Crippen molar-refractivity contribution in [1.82, 2.24) is 0 Å². The van der Waals surface area contributed by atoms with Gasteiger partial charge in [0, 0.05) is 11.0 Å². The van der Waals surface area contributed by atoms with Gasteiger partial charge in [-0.15, -0.1) is 11.3 Å². The lowest BCUT2D eigenvalue weighted by molar-refractivity contribution is -0.131. The molecule has 64 valence electrons. The van der Waals surface area contributed by atoms with Crippen molar-refractivity contribution in [3.8, 4) is 0 Å². The normalized spacial score (nSPS) is 7.67. The fraction of sp³-hybridized carbons (Fsp3) is 0. The third-order valence-electron chi connectivity index (χ3n) is 0.919. The van der Waals surface area contributed by atoms with Crippen molar-refractivity contribution in [3.63, 3.8) is 0 Å². The smallest absolute Gasteiger partial charge is 0.327 e. The summed E-state index contributed by atoms with van der Waals surface area (Å²) in [5.41, 5.74) is 0. The van der Waals surface area contributed by atoms with Gasteiger partial charge in [-0.25, -0.2) is 4.79 Å². The van der Waals surface area contributed by atoms with Crippen LogP contribution in [0.4, 0.5) is 0 Å². The van der Waals surface area contributed by atoms with E-state index in [-0.39, 0.29) is 0 Å². The summed E-state index contributed by atoms with van der Waals surface area (Å²) in [5, 5.41) is 9.64. The molecule has 1 N–H and O–H groups in total. The van der Waals surface area contributed by atoms with E-state index in [4.69, 9.17) is 5.11 Å². The highest BCUT2D eigenvalue weighted by Gasteiger charge is 1.78. The molecule has 12 heavy (non-hydrogen) atoms. The Hall–Kier alpha value is -1.35. The van der Waals surface area contributed by atoms with Crippen LogP contribution in [0, 0.1) is 0 Å². The molecule has 0 atom stereocenters. The number of aliphatic carboxylic acids is 1. The Morgan fingerprint density at radius 3 is 2.33 bits per heavy atom. The number of carbonyl (C=O) groups is 1. The molecule has 0 spiro atoms. The standard InChI is InChI=1S/C6H6S.C3H4O2/c1-2-6-4-3-5-7-6;1-2-3(4)5/h2-5H,1H2;2H,1H2,(H,4,5). The maximum Gasteiger partial charge on any atom is 0.327 e. The molecule has 1 heterocycles. The molecular weight excluding hydrogens is 172 g/mol. The zero-order chi connectivity index (χ0) is 9.40. The van der Waals surface area contributed by atoms with E-state index in [1.165, 1.54) is 4.88 Å². The number of hydrogen-bond acceptors (Lipinski definition) is 2. The third-order valence-corrected chi connectivity index (χ3v) is 1.79. The summed E-state index contributed by atoms with van der Waals surface area (Å²) in [6.45, 7) is 6.57. The Morgan fingerprint density at radius 1 is 1.58 bits per heavy atom. The van der Waals surface area contributed by atoms with E-state index < -0.39 is 5.97 Å². The van der Waals surface area contributed by atoms with Crippen molar-refractivity contribution in [2.24, 2.45) is 0 Å². The van der Waals surface area contributed by atoms with E-state index >= 15 is 0 Å². The number of carboxylic acids is 1. The molecule has 0 bridgehead atoms. The molecule has 0 amide bonds. The van der Waals surface area contributed by atoms with Crippen molar-refractivity contribution in [2.45, 2.75) is 0 Å². The molecule has 0 saturated carbocycles. The first kappa shape index (κ1) is 10.7. The molecule has 0 aliphatic carbocycles. The first-order valence-corrected chi connectivity index (χ1v) is 4.10. The Labute approximate surface area is 75.5 Å². The van der Waals surface area contributed by atoms with Crippen LogP contribution in [0.3, 0.4) is 0 Å². The van der Waals surface area contributed by atoms with Gasteiger partial charge in [0.1, 0.15) is 0 Å². The van der Waals surface area contributed by atoms with Gasteiger partial charge in [0.15, 0.2) is 0 Å². The topological polar surface area (TPSA) is 37.3 Å². The second kappa shape index (κ2) is 6.37. The van der Waals surface area contributed by atoms with E-state index in [0.29, 0.717) is 0 Å². The maximum atomic E-state index is 9.25. The van der Waals surface area contributed by atoms with Gasteiger partial charge in [-0.1, -0.05) is 25.3 Å². The minimum absolute atomic E-state index is 0.833. The number of rotatable bonds is 2. The molecule has 1 aromatic heterocycles. The zero-order valence-corrected chi connectivity index (χ0v) is 7.38. The van der Waals surface area contributed by atoms with Crippen LogP contribution in [0.1, 0.15) is 4.88 Å². The summed E-state index contributed by atoms with van der Waals surface area (Å²) in [6.07, 6.45) is 2.69. The largest absolute Gasteiger partial charge is 0.478 e. The van der Waals surface area contributed by atoms with E-state index in [1.54, 1.807) is 11.3 Å². The first-order valence-electron chi connectivity index (χ1n) is 3.22. The lowest BCUT2D eigenvalue weighted by Crippen LogP contribution is -1.82. The van der Waals surface area contributed by atoms with Crippen LogP contribution in [0.5, 0.6) is 0 Å². The van der Waals surface area contributed by atoms with Gasteiger partial charge < -0.3 is 5.11 Å². The maximum absolute atomic E-state index is 9.25. The molecule has 3 heteroatoms. The molecule has 0 aromatic carbocycles. The fourth-order valence-corrected chi connectivity index (χ4v) is 0.975. The lowest BCUT2D eigenvalue weighted by Gasteiger charge is -1.71. The average molecular weight is 182 g/mol. The summed E-state index contributed by atoms with van der Waals surface area (Å²) >= 11 is 1.70. The van der Waals surface area contributed by atoms with Crippen molar-refractivity contribution in [2.75, 3.05) is 0 Å². The third kappa shape index (κ3) is 5.44. The van der Waals surface area contributed by atoms with Gasteiger partial charge in [-0.3, -0.25) is 0 Å². The van der Waals surface area contributed by atoms with Crippen LogP contribution in [-0.2, 0) is 4.79 Å². The Balaban J connectivity index is 0.000000217. The molecule has 0 saturated heterocycles. The predicted octanol–water partition coefficient (Wildman–Crippen LogP) is 2.65. The molecule has 2 nitrogen and oxygen atoms in total. The van der Waals surface area contributed by atoms with E-state index in [0.717, 1.165) is 6.08 Å². The molecule has 0 radical (unpaired) electrons. The number of carboxylic acid groups (broad SMARTS) is 1. The van der Waals surface area contributed by atoms with Gasteiger partial charge in [-0.05, 0) is 11.4 Å². The molecule has 0 aliphatic rings. The quantitative estimate of drug-likeness (QED) is 0.714. The minimum Gasteiger partial charge on any atom is -0.478 e. The van der Waals surface area contributed by atoms with Crippen LogP contribution < -0.4 is 0 Å². The second-order valence-electron chi connectivity index (χ2n) is 1.76. The van der Waals surface area contributed by atoms with Gasteiger partial charge in [0.2, 0.25) is 0 Å². The van der Waals surface area contributed by atoms with Crippen molar-refractivity contribution in [3.05, 3.63) is 41.6 Å². The monoisotopic (exact) mass is 182 g/mol. The van der Waals surface area contributed by atoms with Gasteiger partial charge in [0.25, 0.3) is 0 Å². The second-order valence-corrected chi connectivity index (χ2v) is 2.74. The number of thiophene rings is 1. The predicted molar refractivity (Wildman–Crippen MR) is 52.2 cm³/mol. The number of hydrogen-bond donors (Lipinski definition) is 1. The highest BCUT2D eigenvalue weighted by molar-refractivity contribution is 7.10. The van der Waals surface area contributed by atoms with E-state index in [2.05, 4.69) is 13.2 Å². The van der Waals surface area contributed by atoms with Gasteiger partial charge in [0.05, 0.1) is 0 Å². The van der Waals surface area contributed by atoms with Crippen LogP contribution in [0.2, 0.25) is 0 Å². The molecule has 1 aromatic rings. The minimum atomic E-state index is -0.981. The van der Waals surface area contributed by atoms with Gasteiger partial charge in [-0.2, -0.15) is 0 Å². The molecular formula is C9H10O2S. The van der Waals surface area contributed by atoms with Gasteiger partial charge >= 0.3 is 5.97 Å². The summed E-state index contributed by atoms with van der Waals surface area (Å²) in [6, 6.07) is 4.05. The van der Waals surface area contributed by atoms with Crippen molar-refractivity contribution < 1.29 is 9.90 Å². The summed E-state index contributed by atoms with van der Waals surface area (Å²) in [4.78, 5) is 10.5. The molecule has 0 fully saturated rings. The lowest BCUT2D eigenvalue weighted by atomic mass is 10.5. The highest BCUT2D eigenvalue weighted by Crippen LogP contribution is 2.07. The zero-order valence-electron chi connectivity index (χ0n) is 6.56. The van der Waals surface area contributed by atoms with Crippen LogP contribution >= 0.6 is 11.3 Å².